The van der Waals surface area contributed by atoms with E-state index in [1.54, 1.807) is 24.3 Å². The second-order valence-corrected chi connectivity index (χ2v) is 4.77. The van der Waals surface area contributed by atoms with Crippen molar-refractivity contribution in [3.05, 3.63) is 69.9 Å². The van der Waals surface area contributed by atoms with Crippen LogP contribution < -0.4 is 9.74 Å². The molecule has 0 aliphatic heterocycles. The Morgan fingerprint density at radius 3 is 2.82 bits per heavy atom. The van der Waals surface area contributed by atoms with Gasteiger partial charge in [0.1, 0.15) is 11.3 Å². The predicted molar refractivity (Wildman–Crippen MR) is 78.7 cm³/mol. The minimum Gasteiger partial charge on any atom is -0.805 e. The van der Waals surface area contributed by atoms with Gasteiger partial charge in [0.15, 0.2) is 0 Å². The Hall–Kier alpha value is -3.09. The zero-order chi connectivity index (χ0) is 15.7. The molecule has 3 aromatic rings. The van der Waals surface area contributed by atoms with E-state index in [-0.39, 0.29) is 29.0 Å². The summed E-state index contributed by atoms with van der Waals surface area (Å²) in [6.45, 7) is 1.58. The third-order valence-electron chi connectivity index (χ3n) is 3.39. The van der Waals surface area contributed by atoms with Crippen molar-refractivity contribution in [3.63, 3.8) is 0 Å². The molecule has 1 amide bonds. The summed E-state index contributed by atoms with van der Waals surface area (Å²) in [6.07, 6.45) is 1.49. The van der Waals surface area contributed by atoms with Crippen LogP contribution in [0.15, 0.2) is 47.1 Å². The maximum Gasteiger partial charge on any atom is 0.346 e. The van der Waals surface area contributed by atoms with Crippen molar-refractivity contribution in [1.82, 2.24) is 10.0 Å². The number of carbonyl (C=O) groups excluding carboxylic acids is 1. The van der Waals surface area contributed by atoms with Crippen LogP contribution in [0.4, 0.5) is 0 Å². The maximum atomic E-state index is 12.4. The van der Waals surface area contributed by atoms with E-state index in [1.165, 1.54) is 25.3 Å². The number of hydrogen-bond acceptors (Lipinski definition) is 4. The fraction of sp³-hybridized carbons (Fsp3) is 0.133. The number of para-hydroxylation sites is 2. The molecule has 0 saturated heterocycles. The maximum absolute atomic E-state index is 12.4. The van der Waals surface area contributed by atoms with Gasteiger partial charge in [0.05, 0.1) is 22.9 Å². The van der Waals surface area contributed by atoms with Crippen LogP contribution >= 0.6 is 0 Å². The normalized spacial score (nSPS) is 10.8. The zero-order valence-electron chi connectivity index (χ0n) is 11.8. The van der Waals surface area contributed by atoms with Crippen LogP contribution in [0.5, 0.6) is 0 Å². The molecule has 7 heteroatoms. The minimum atomic E-state index is -0.626. The Bertz CT molecular complexity index is 897. The molecule has 112 valence electrons. The molecule has 3 rings (SSSR count). The SMILES string of the molecule is Cc1c(C(=O)NCc2ccco2)[n+](=O)c2ccccc2n1[O-]. The molecular weight excluding hydrogens is 286 g/mol. The first-order chi connectivity index (χ1) is 10.6. The van der Waals surface area contributed by atoms with Crippen LogP contribution in [-0.2, 0) is 6.54 Å². The van der Waals surface area contributed by atoms with Gasteiger partial charge in [0.2, 0.25) is 0 Å². The van der Waals surface area contributed by atoms with Crippen LogP contribution in [0, 0.1) is 17.0 Å². The lowest BCUT2D eigenvalue weighted by molar-refractivity contribution is -0.468. The topological polar surface area (TPSA) is 93.2 Å². The lowest BCUT2D eigenvalue weighted by atomic mass is 10.2. The molecule has 0 unspecified atom stereocenters. The fourth-order valence-corrected chi connectivity index (χ4v) is 2.27. The third-order valence-corrected chi connectivity index (χ3v) is 3.39. The number of hydrogen-bond donors (Lipinski definition) is 1. The first kappa shape index (κ1) is 13.9. The molecular formula is C15H13N3O4. The molecule has 1 N–H and O–H groups in total. The molecule has 7 nitrogen and oxygen atoms in total. The monoisotopic (exact) mass is 299 g/mol. The highest BCUT2D eigenvalue weighted by Gasteiger charge is 2.26. The summed E-state index contributed by atoms with van der Waals surface area (Å²) in [4.78, 5) is 24.6. The number of aromatic nitrogens is 2. The van der Waals surface area contributed by atoms with Gasteiger partial charge < -0.3 is 19.7 Å². The van der Waals surface area contributed by atoms with Crippen molar-refractivity contribution in [2.24, 2.45) is 0 Å². The number of carbonyl (C=O) groups is 1. The first-order valence-corrected chi connectivity index (χ1v) is 6.64. The van der Waals surface area contributed by atoms with Gasteiger partial charge in [-0.3, -0.25) is 4.79 Å². The second kappa shape index (κ2) is 5.36. The molecule has 0 aliphatic carbocycles. The highest BCUT2D eigenvalue weighted by molar-refractivity contribution is 5.93. The Morgan fingerprint density at radius 2 is 2.09 bits per heavy atom. The number of fused-ring (bicyclic) bond motifs is 1. The number of nitrogens with one attached hydrogen (secondary N) is 1. The Kier molecular flexibility index (Phi) is 3.38. The summed E-state index contributed by atoms with van der Waals surface area (Å²) in [5.74, 6) is -0.0708. The van der Waals surface area contributed by atoms with E-state index in [1.807, 2.05) is 0 Å². The second-order valence-electron chi connectivity index (χ2n) is 4.77. The molecule has 2 aromatic heterocycles. The Balaban J connectivity index is 2.03. The summed E-state index contributed by atoms with van der Waals surface area (Å²) in [5, 5.41) is 14.8. The standard InChI is InChI=1S/C15H13N3O4/c1-10-14(15(19)16-9-11-5-4-8-22-11)18(21)13-7-3-2-6-12(13)17(10)20/h2-8H,9H2,1H3,(H,16,19). The smallest absolute Gasteiger partial charge is 0.346 e. The molecule has 0 spiro atoms. The van der Waals surface area contributed by atoms with Gasteiger partial charge >= 0.3 is 11.6 Å². The molecule has 0 aliphatic rings. The lowest BCUT2D eigenvalue weighted by Gasteiger charge is -2.16. The highest BCUT2D eigenvalue weighted by Crippen LogP contribution is 2.13. The number of benzene rings is 1. The summed E-state index contributed by atoms with van der Waals surface area (Å²) in [6, 6.07) is 9.73. The van der Waals surface area contributed by atoms with E-state index in [9.17, 15) is 14.9 Å². The third kappa shape index (κ3) is 2.22. The van der Waals surface area contributed by atoms with E-state index < -0.39 is 5.91 Å². The summed E-state index contributed by atoms with van der Waals surface area (Å²) < 4.78 is 6.18. The molecule has 0 bridgehead atoms. The van der Waals surface area contributed by atoms with Crippen molar-refractivity contribution >= 4 is 16.9 Å². The number of nitrogens with zero attached hydrogens (tertiary/aromatic N) is 2. The average molecular weight is 299 g/mol. The number of rotatable bonds is 3. The van der Waals surface area contributed by atoms with E-state index in [0.29, 0.717) is 14.9 Å². The van der Waals surface area contributed by atoms with Crippen LogP contribution in [0.1, 0.15) is 21.9 Å². The van der Waals surface area contributed by atoms with Crippen LogP contribution in [0.2, 0.25) is 0 Å². The first-order valence-electron chi connectivity index (χ1n) is 6.64. The summed E-state index contributed by atoms with van der Waals surface area (Å²) in [5.41, 5.74) is 0.190. The van der Waals surface area contributed by atoms with Crippen molar-refractivity contribution < 1.29 is 13.6 Å². The van der Waals surface area contributed by atoms with E-state index in [2.05, 4.69) is 5.32 Å². The van der Waals surface area contributed by atoms with Gasteiger partial charge in [-0.05, 0) is 25.1 Å². The molecule has 0 saturated carbocycles. The minimum absolute atomic E-state index is 0.0469. The molecule has 22 heavy (non-hydrogen) atoms. The van der Waals surface area contributed by atoms with Crippen LogP contribution in [-0.4, -0.2) is 10.6 Å². The largest absolute Gasteiger partial charge is 0.805 e. The molecule has 2 heterocycles. The van der Waals surface area contributed by atoms with E-state index >= 15 is 0 Å². The molecule has 0 atom stereocenters. The van der Waals surface area contributed by atoms with Crippen molar-refractivity contribution in [1.29, 1.82) is 0 Å². The van der Waals surface area contributed by atoms with Gasteiger partial charge in [-0.15, -0.1) is 0 Å². The van der Waals surface area contributed by atoms with Gasteiger partial charge in [0.25, 0.3) is 5.52 Å². The van der Waals surface area contributed by atoms with E-state index in [0.717, 1.165) is 0 Å². The lowest BCUT2D eigenvalue weighted by Crippen LogP contribution is -2.36. The Morgan fingerprint density at radius 1 is 1.32 bits per heavy atom. The molecule has 1 aromatic carbocycles. The predicted octanol–water partition coefficient (Wildman–Crippen LogP) is 1.73. The van der Waals surface area contributed by atoms with E-state index in [4.69, 9.17) is 4.42 Å². The van der Waals surface area contributed by atoms with Gasteiger partial charge in [-0.25, -0.2) is 0 Å². The summed E-state index contributed by atoms with van der Waals surface area (Å²) >= 11 is 0. The fourth-order valence-electron chi connectivity index (χ4n) is 2.27. The van der Waals surface area contributed by atoms with Crippen LogP contribution in [0.3, 0.4) is 0 Å². The van der Waals surface area contributed by atoms with Crippen LogP contribution in [0.25, 0.3) is 11.0 Å². The molecule has 0 fully saturated rings. The number of amides is 1. The van der Waals surface area contributed by atoms with Crippen molar-refractivity contribution in [2.45, 2.75) is 13.5 Å². The Labute approximate surface area is 125 Å². The molecule has 0 radical (unpaired) electrons. The number of furan rings is 1. The van der Waals surface area contributed by atoms with Gasteiger partial charge in [-0.2, -0.15) is 0 Å². The van der Waals surface area contributed by atoms with Crippen molar-refractivity contribution in [3.8, 4) is 0 Å². The highest BCUT2D eigenvalue weighted by atomic mass is 16.5. The van der Waals surface area contributed by atoms with Gasteiger partial charge in [0, 0.05) is 11.0 Å². The van der Waals surface area contributed by atoms with Crippen molar-refractivity contribution in [2.75, 3.05) is 0 Å². The van der Waals surface area contributed by atoms with Gasteiger partial charge in [-0.1, -0.05) is 12.1 Å². The summed E-state index contributed by atoms with van der Waals surface area (Å²) in [7, 11) is 0. The average Bonchev–Trinajstić information content (AvgIpc) is 3.04. The zero-order valence-corrected chi connectivity index (χ0v) is 11.8. The quantitative estimate of drug-likeness (QED) is 0.745.